The zero-order chi connectivity index (χ0) is 21.8. The van der Waals surface area contributed by atoms with E-state index >= 15 is 0 Å². The van der Waals surface area contributed by atoms with E-state index in [1.54, 1.807) is 12.1 Å². The first-order chi connectivity index (χ1) is 15.1. The Bertz CT molecular complexity index is 1080. The van der Waals surface area contributed by atoms with Crippen LogP contribution in [0.25, 0.3) is 11.1 Å². The van der Waals surface area contributed by atoms with Crippen LogP contribution in [0.15, 0.2) is 66.7 Å². The zero-order valence-electron chi connectivity index (χ0n) is 18.7. The highest BCUT2D eigenvalue weighted by molar-refractivity contribution is 6.00. The minimum absolute atomic E-state index is 0.290. The van der Waals surface area contributed by atoms with Crippen LogP contribution in [0, 0.1) is 0 Å². The molecule has 0 saturated carbocycles. The Labute approximate surface area is 185 Å². The largest absolute Gasteiger partial charge is 0.508 e. The van der Waals surface area contributed by atoms with E-state index in [0.717, 1.165) is 37.1 Å². The van der Waals surface area contributed by atoms with Crippen molar-refractivity contribution in [2.45, 2.75) is 26.2 Å². The summed E-state index contributed by atoms with van der Waals surface area (Å²) < 4.78 is 6.04. The summed E-state index contributed by atoms with van der Waals surface area (Å²) in [4.78, 5) is 2.13. The lowest BCUT2D eigenvalue weighted by atomic mass is 9.80. The monoisotopic (exact) mass is 413 g/mol. The second-order valence-electron chi connectivity index (χ2n) is 8.38. The number of allylic oxidation sites excluding steroid dienone is 1. The summed E-state index contributed by atoms with van der Waals surface area (Å²) in [7, 11) is 4.12. The number of hydrogen-bond donors (Lipinski definition) is 1. The third kappa shape index (κ3) is 4.67. The second-order valence-corrected chi connectivity index (χ2v) is 8.38. The van der Waals surface area contributed by atoms with Gasteiger partial charge < -0.3 is 14.7 Å². The van der Waals surface area contributed by atoms with E-state index in [1.807, 2.05) is 12.1 Å². The molecule has 3 aromatic rings. The fourth-order valence-electron chi connectivity index (χ4n) is 4.38. The molecule has 0 heterocycles. The Hall–Kier alpha value is -3.04. The molecule has 0 spiro atoms. The zero-order valence-corrected chi connectivity index (χ0v) is 18.7. The fourth-order valence-corrected chi connectivity index (χ4v) is 4.38. The fraction of sp³-hybridized carbons (Fsp3) is 0.286. The van der Waals surface area contributed by atoms with Crippen molar-refractivity contribution in [2.24, 2.45) is 0 Å². The Balaban J connectivity index is 1.86. The van der Waals surface area contributed by atoms with Crippen molar-refractivity contribution in [2.75, 3.05) is 27.2 Å². The highest BCUT2D eigenvalue weighted by atomic mass is 16.5. The third-order valence-corrected chi connectivity index (χ3v) is 5.97. The Morgan fingerprint density at radius 2 is 1.61 bits per heavy atom. The minimum Gasteiger partial charge on any atom is -0.508 e. The second kappa shape index (κ2) is 9.40. The number of aryl methyl sites for hydroxylation is 2. The molecule has 0 saturated heterocycles. The van der Waals surface area contributed by atoms with Crippen LogP contribution in [0.3, 0.4) is 0 Å². The SMILES string of the molecule is CC/C1=C(\c2ccc(O)cc2)c2ccc(OCCN(C)C)cc2CCc2ccccc21. The molecule has 1 aliphatic rings. The van der Waals surface area contributed by atoms with Gasteiger partial charge in [0.05, 0.1) is 0 Å². The smallest absolute Gasteiger partial charge is 0.119 e. The number of fused-ring (bicyclic) bond motifs is 2. The number of hydrogen-bond acceptors (Lipinski definition) is 3. The maximum atomic E-state index is 9.85. The van der Waals surface area contributed by atoms with Gasteiger partial charge in [-0.25, -0.2) is 0 Å². The Morgan fingerprint density at radius 3 is 2.35 bits per heavy atom. The van der Waals surface area contributed by atoms with E-state index in [2.05, 4.69) is 68.4 Å². The van der Waals surface area contributed by atoms with Crippen LogP contribution in [0.4, 0.5) is 0 Å². The molecule has 0 radical (unpaired) electrons. The summed E-state index contributed by atoms with van der Waals surface area (Å²) in [5.74, 6) is 1.22. The summed E-state index contributed by atoms with van der Waals surface area (Å²) in [6.45, 7) is 3.80. The molecule has 3 nitrogen and oxygen atoms in total. The van der Waals surface area contributed by atoms with Gasteiger partial charge in [-0.2, -0.15) is 0 Å². The average molecular weight is 414 g/mol. The molecule has 0 amide bonds. The number of benzene rings is 3. The van der Waals surface area contributed by atoms with Crippen LogP contribution in [0.2, 0.25) is 0 Å². The summed E-state index contributed by atoms with van der Waals surface area (Å²) >= 11 is 0. The van der Waals surface area contributed by atoms with Gasteiger partial charge in [0.25, 0.3) is 0 Å². The van der Waals surface area contributed by atoms with Crippen LogP contribution in [0.1, 0.15) is 41.2 Å². The molecule has 160 valence electrons. The standard InChI is InChI=1S/C28H31NO2/c1-4-25-26-8-6-5-7-20(26)9-10-22-19-24(31-18-17-29(2)3)15-16-27(22)28(25)21-11-13-23(30)14-12-21/h5-8,11-16,19,30H,4,9-10,17-18H2,1-3H3/b28-25-. The number of aromatic hydroxyl groups is 1. The first kappa shape index (κ1) is 21.2. The molecule has 0 atom stereocenters. The summed E-state index contributed by atoms with van der Waals surface area (Å²) in [6.07, 6.45) is 2.92. The summed E-state index contributed by atoms with van der Waals surface area (Å²) in [5.41, 5.74) is 9.04. The van der Waals surface area contributed by atoms with Gasteiger partial charge >= 0.3 is 0 Å². The molecule has 0 aliphatic heterocycles. The molecule has 4 rings (SSSR count). The van der Waals surface area contributed by atoms with Crippen LogP contribution in [-0.2, 0) is 12.8 Å². The summed E-state index contributed by atoms with van der Waals surface area (Å²) in [6, 6.07) is 22.9. The van der Waals surface area contributed by atoms with Gasteiger partial charge in [-0.1, -0.05) is 49.4 Å². The number of phenolic OH excluding ortho intramolecular Hbond substituents is 1. The van der Waals surface area contributed by atoms with Gasteiger partial charge in [0.2, 0.25) is 0 Å². The molecule has 31 heavy (non-hydrogen) atoms. The summed E-state index contributed by atoms with van der Waals surface area (Å²) in [5, 5.41) is 9.85. The predicted molar refractivity (Wildman–Crippen MR) is 129 cm³/mol. The van der Waals surface area contributed by atoms with Gasteiger partial charge in [-0.3, -0.25) is 0 Å². The number of nitrogens with zero attached hydrogens (tertiary/aromatic N) is 1. The molecular formula is C28H31NO2. The molecule has 1 N–H and O–H groups in total. The van der Waals surface area contributed by atoms with Gasteiger partial charge in [0.15, 0.2) is 0 Å². The molecule has 0 unspecified atom stereocenters. The van der Waals surface area contributed by atoms with E-state index < -0.39 is 0 Å². The van der Waals surface area contributed by atoms with Crippen molar-refractivity contribution in [3.05, 3.63) is 94.5 Å². The molecule has 3 aromatic carbocycles. The Morgan fingerprint density at radius 1 is 0.871 bits per heavy atom. The number of rotatable bonds is 6. The topological polar surface area (TPSA) is 32.7 Å². The van der Waals surface area contributed by atoms with Crippen molar-refractivity contribution in [3.63, 3.8) is 0 Å². The van der Waals surface area contributed by atoms with Gasteiger partial charge in [-0.05, 0) is 96.6 Å². The average Bonchev–Trinajstić information content (AvgIpc) is 2.76. The van der Waals surface area contributed by atoms with Crippen LogP contribution in [-0.4, -0.2) is 37.3 Å². The van der Waals surface area contributed by atoms with E-state index in [4.69, 9.17) is 4.74 Å². The van der Waals surface area contributed by atoms with Gasteiger partial charge in [0, 0.05) is 6.54 Å². The minimum atomic E-state index is 0.290. The molecule has 1 aliphatic carbocycles. The molecule has 0 aromatic heterocycles. The molecule has 0 fully saturated rings. The number of likely N-dealkylation sites (N-methyl/N-ethyl adjacent to an activating group) is 1. The lowest BCUT2D eigenvalue weighted by Crippen LogP contribution is -2.19. The predicted octanol–water partition coefficient (Wildman–Crippen LogP) is 5.80. The first-order valence-electron chi connectivity index (χ1n) is 11.1. The quantitative estimate of drug-likeness (QED) is 0.554. The van der Waals surface area contributed by atoms with Crippen LogP contribution < -0.4 is 4.74 Å². The van der Waals surface area contributed by atoms with Crippen molar-refractivity contribution in [1.82, 2.24) is 4.90 Å². The van der Waals surface area contributed by atoms with Gasteiger partial charge in [-0.15, -0.1) is 0 Å². The van der Waals surface area contributed by atoms with Crippen molar-refractivity contribution in [3.8, 4) is 11.5 Å². The molecule has 0 bridgehead atoms. The highest BCUT2D eigenvalue weighted by Crippen LogP contribution is 2.40. The maximum absolute atomic E-state index is 9.85. The highest BCUT2D eigenvalue weighted by Gasteiger charge is 2.21. The van der Waals surface area contributed by atoms with E-state index in [1.165, 1.54) is 33.4 Å². The van der Waals surface area contributed by atoms with Crippen molar-refractivity contribution in [1.29, 1.82) is 0 Å². The van der Waals surface area contributed by atoms with Crippen LogP contribution in [0.5, 0.6) is 11.5 Å². The lowest BCUT2D eigenvalue weighted by Gasteiger charge is -2.24. The Kier molecular flexibility index (Phi) is 6.43. The van der Waals surface area contributed by atoms with Gasteiger partial charge in [0.1, 0.15) is 18.1 Å². The molecule has 3 heteroatoms. The number of phenols is 1. The van der Waals surface area contributed by atoms with Crippen LogP contribution >= 0.6 is 0 Å². The maximum Gasteiger partial charge on any atom is 0.119 e. The van der Waals surface area contributed by atoms with Crippen molar-refractivity contribution < 1.29 is 9.84 Å². The van der Waals surface area contributed by atoms with E-state index in [9.17, 15) is 5.11 Å². The van der Waals surface area contributed by atoms with E-state index in [0.29, 0.717) is 12.4 Å². The number of ether oxygens (including phenoxy) is 1. The molecular weight excluding hydrogens is 382 g/mol. The van der Waals surface area contributed by atoms with Crippen molar-refractivity contribution >= 4 is 11.1 Å². The third-order valence-electron chi connectivity index (χ3n) is 5.97. The van der Waals surface area contributed by atoms with E-state index in [-0.39, 0.29) is 0 Å². The lowest BCUT2D eigenvalue weighted by molar-refractivity contribution is 0.261. The normalized spacial score (nSPS) is 15.7. The first-order valence-corrected chi connectivity index (χ1v) is 11.1.